The number of hydrogen-bond donors (Lipinski definition) is 0. The zero-order valence-corrected chi connectivity index (χ0v) is 14.7. The summed E-state index contributed by atoms with van der Waals surface area (Å²) in [5.41, 5.74) is 0. The van der Waals surface area contributed by atoms with E-state index in [0.29, 0.717) is 0 Å². The molecule has 0 unspecified atom stereocenters. The van der Waals surface area contributed by atoms with Gasteiger partial charge in [0.15, 0.2) is 0 Å². The summed E-state index contributed by atoms with van der Waals surface area (Å²) in [5.74, 6) is 0. The quantitative estimate of drug-likeness (QED) is 0.459. The van der Waals surface area contributed by atoms with Crippen molar-refractivity contribution in [1.29, 1.82) is 0 Å². The van der Waals surface area contributed by atoms with Crippen molar-refractivity contribution < 1.29 is 17.3 Å². The van der Waals surface area contributed by atoms with Crippen LogP contribution in [0, 0.1) is 0 Å². The van der Waals surface area contributed by atoms with E-state index in [1.54, 1.807) is 0 Å². The van der Waals surface area contributed by atoms with Gasteiger partial charge in [-0.2, -0.15) is 0 Å². The summed E-state index contributed by atoms with van der Waals surface area (Å²) < 4.78 is 0. The molecule has 3 rings (SSSR count). The van der Waals surface area contributed by atoms with Crippen molar-refractivity contribution in [2.75, 3.05) is 0 Å². The molecule has 0 aliphatic heterocycles. The van der Waals surface area contributed by atoms with Crippen LogP contribution in [0.4, 0.5) is 0 Å². The van der Waals surface area contributed by atoms with E-state index in [1.165, 1.54) is 15.9 Å². The van der Waals surface area contributed by atoms with E-state index in [4.69, 9.17) is 0 Å². The minimum Gasteiger partial charge on any atom is -0.0622 e. The van der Waals surface area contributed by atoms with E-state index in [0.717, 1.165) is 0 Å². The molecule has 0 bridgehead atoms. The Labute approximate surface area is 141 Å². The maximum absolute atomic E-state index is 4.57. The van der Waals surface area contributed by atoms with Gasteiger partial charge in [0.1, 0.15) is 0 Å². The van der Waals surface area contributed by atoms with Crippen LogP contribution in [0.3, 0.4) is 0 Å². The number of benzene rings is 3. The molecule has 0 heterocycles. The van der Waals surface area contributed by atoms with Crippen molar-refractivity contribution in [2.24, 2.45) is 0 Å². The van der Waals surface area contributed by atoms with E-state index in [2.05, 4.69) is 101 Å². The van der Waals surface area contributed by atoms with Crippen LogP contribution in [0.25, 0.3) is 0 Å². The van der Waals surface area contributed by atoms with Crippen LogP contribution in [0.2, 0.25) is 0 Å². The third-order valence-corrected chi connectivity index (χ3v) is 5.49. The minimum absolute atomic E-state index is 0.446. The molecule has 0 aliphatic rings. The van der Waals surface area contributed by atoms with Gasteiger partial charge in [-0.1, -0.05) is 91.0 Å². The first-order valence-electron chi connectivity index (χ1n) is 6.54. The molecule has 0 amide bonds. The van der Waals surface area contributed by atoms with E-state index in [1.807, 2.05) is 17.3 Å². The Morgan fingerprint density at radius 2 is 0.714 bits per heavy atom. The van der Waals surface area contributed by atoms with Crippen LogP contribution < -0.4 is 15.9 Å². The van der Waals surface area contributed by atoms with Gasteiger partial charge >= 0.3 is 27.0 Å². The van der Waals surface area contributed by atoms with Crippen molar-refractivity contribution in [3.63, 3.8) is 0 Å². The monoisotopic (exact) mass is 399 g/mol. The van der Waals surface area contributed by atoms with Gasteiger partial charge in [-0.3, -0.25) is 0 Å². The van der Waals surface area contributed by atoms with E-state index in [9.17, 15) is 0 Å². The summed E-state index contributed by atoms with van der Waals surface area (Å²) >= 11 is 1.82. The van der Waals surface area contributed by atoms with E-state index >= 15 is 0 Å². The number of hydrogen-bond acceptors (Lipinski definition) is 0. The maximum atomic E-state index is 4.57. The molecule has 0 radical (unpaired) electrons. The second kappa shape index (κ2) is 9.11. The molecule has 0 nitrogen and oxygen atoms in total. The first-order chi connectivity index (χ1) is 10.4. The average Bonchev–Trinajstić information content (AvgIpc) is 2.60. The second-order valence-corrected chi connectivity index (χ2v) is 6.56. The molecule has 3 heteroatoms. The third kappa shape index (κ3) is 4.48. The molecular weight excluding hydrogens is 384 g/mol. The summed E-state index contributed by atoms with van der Waals surface area (Å²) in [6.07, 6.45) is 0. The Balaban J connectivity index is 0.000000774. The van der Waals surface area contributed by atoms with E-state index < -0.39 is 7.92 Å². The maximum Gasteiger partial charge on any atom is -0.0134 e. The van der Waals surface area contributed by atoms with Gasteiger partial charge in [0.05, 0.1) is 0 Å². The van der Waals surface area contributed by atoms with Crippen molar-refractivity contribution >= 4 is 33.5 Å². The smallest absolute Gasteiger partial charge is 0.0134 e. The fourth-order valence-corrected chi connectivity index (χ4v) is 4.48. The Kier molecular flexibility index (Phi) is 7.10. The minimum atomic E-state index is -0.446. The molecule has 0 spiro atoms. The van der Waals surface area contributed by atoms with Gasteiger partial charge < -0.3 is 0 Å². The van der Waals surface area contributed by atoms with Crippen LogP contribution in [-0.4, -0.2) is 0 Å². The second-order valence-electron chi connectivity index (χ2n) is 4.34. The van der Waals surface area contributed by atoms with Crippen LogP contribution >= 0.6 is 17.6 Å². The Morgan fingerprint density at radius 1 is 0.476 bits per heavy atom. The van der Waals surface area contributed by atoms with Crippen LogP contribution in [0.15, 0.2) is 91.0 Å². The number of rotatable bonds is 3. The molecule has 0 aromatic heterocycles. The summed E-state index contributed by atoms with van der Waals surface area (Å²) in [6.45, 7) is 0. The summed E-state index contributed by atoms with van der Waals surface area (Å²) in [6, 6.07) is 32.3. The molecule has 3 aromatic rings. The topological polar surface area (TPSA) is 0 Å². The number of halogens is 1. The molecule has 0 saturated carbocycles. The van der Waals surface area contributed by atoms with Gasteiger partial charge in [0, 0.05) is 0 Å². The standard InChI is InChI=1S/C18H15P.ClH.Ru/c1-4-10-16(11-5-1)19(17-12-6-2-7-13-17)18-14-8-3-9-15-18;;/h1-15H;1H;/q;;+1/p-1. The Morgan fingerprint density at radius 3 is 0.952 bits per heavy atom. The van der Waals surface area contributed by atoms with E-state index in [-0.39, 0.29) is 0 Å². The van der Waals surface area contributed by atoms with Crippen molar-refractivity contribution in [3.8, 4) is 0 Å². The summed E-state index contributed by atoms with van der Waals surface area (Å²) in [5, 5.41) is 4.19. The zero-order chi connectivity index (χ0) is 14.9. The zero-order valence-electron chi connectivity index (χ0n) is 11.3. The Bertz CT molecular complexity index is 535. The van der Waals surface area contributed by atoms with Crippen molar-refractivity contribution in [2.45, 2.75) is 0 Å². The van der Waals surface area contributed by atoms with Gasteiger partial charge in [-0.05, 0) is 23.8 Å². The molecule has 21 heavy (non-hydrogen) atoms. The predicted molar refractivity (Wildman–Crippen MR) is 91.0 cm³/mol. The molecule has 0 aliphatic carbocycles. The molecule has 0 atom stereocenters. The first kappa shape index (κ1) is 16.4. The van der Waals surface area contributed by atoms with Gasteiger partial charge in [0.2, 0.25) is 0 Å². The van der Waals surface area contributed by atoms with Crippen LogP contribution in [0.1, 0.15) is 0 Å². The van der Waals surface area contributed by atoms with Gasteiger partial charge in [-0.25, -0.2) is 0 Å². The van der Waals surface area contributed by atoms with Crippen molar-refractivity contribution in [3.05, 3.63) is 91.0 Å². The molecule has 3 aromatic carbocycles. The van der Waals surface area contributed by atoms with Crippen molar-refractivity contribution in [1.82, 2.24) is 0 Å². The molecule has 0 N–H and O–H groups in total. The van der Waals surface area contributed by atoms with Crippen LogP contribution in [0.5, 0.6) is 0 Å². The first-order valence-corrected chi connectivity index (χ1v) is 10.1. The molecular formula is C18H15ClPRu. The SMILES string of the molecule is [Cl][Ru].c1ccc(P(c2ccccc2)c2ccccc2)cc1. The van der Waals surface area contributed by atoms with Gasteiger partial charge in [-0.15, -0.1) is 0 Å². The average molecular weight is 399 g/mol. The predicted octanol–water partition coefficient (Wildman–Crippen LogP) is 4.13. The Hall–Kier alpha value is -0.997. The largest absolute Gasteiger partial charge is 0.0622 e. The van der Waals surface area contributed by atoms with Crippen LogP contribution in [-0.2, 0) is 17.3 Å². The molecule has 0 fully saturated rings. The fourth-order valence-electron chi connectivity index (χ4n) is 2.18. The summed E-state index contributed by atoms with van der Waals surface area (Å²) in [4.78, 5) is 0. The third-order valence-electron chi connectivity index (χ3n) is 3.04. The normalized spacial score (nSPS) is 9.86. The van der Waals surface area contributed by atoms with Gasteiger partial charge in [0.25, 0.3) is 0 Å². The fraction of sp³-hybridized carbons (Fsp3) is 0. The molecule has 107 valence electrons. The summed E-state index contributed by atoms with van der Waals surface area (Å²) in [7, 11) is 4.12. The molecule has 0 saturated heterocycles.